The number of nitrogens with two attached hydrogens (primary N) is 1. The molecule has 2 aromatic heterocycles. The molecule has 1 aromatic carbocycles. The second-order valence-corrected chi connectivity index (χ2v) is 9.04. The average molecular weight is 445 g/mol. The van der Waals surface area contributed by atoms with Crippen LogP contribution in [0.2, 0.25) is 5.02 Å². The number of ether oxygens (including phenoxy) is 1. The molecule has 1 amide bonds. The Labute approximate surface area is 184 Å². The number of aromatic nitrogens is 4. The minimum Gasteiger partial charge on any atom is -0.506 e. The summed E-state index contributed by atoms with van der Waals surface area (Å²) in [5, 5.41) is 23.5. The number of carbonyl (C=O) groups excluding carboxylic acids is 1. The molecule has 0 aliphatic carbocycles. The molecule has 1 aliphatic rings. The number of nitrogens with zero attached hydrogens (tertiary/aromatic N) is 5. The maximum absolute atomic E-state index is 12.3. The fraction of sp³-hybridized carbons (Fsp3) is 0.429. The number of hydrogen-bond donors (Lipinski definition) is 2. The van der Waals surface area contributed by atoms with Crippen molar-refractivity contribution in [2.45, 2.75) is 45.3 Å². The molecule has 164 valence electrons. The molecule has 3 aromatic rings. The normalized spacial score (nSPS) is 15.4. The lowest BCUT2D eigenvalue weighted by Crippen LogP contribution is -2.42. The van der Waals surface area contributed by atoms with Gasteiger partial charge in [-0.15, -0.1) is 10.2 Å². The summed E-state index contributed by atoms with van der Waals surface area (Å²) in [5.74, 6) is 0.237. The molecular formula is C21H25ClN6O3. The van der Waals surface area contributed by atoms with E-state index in [1.54, 1.807) is 29.2 Å². The number of aromatic hydroxyl groups is 1. The number of phenols is 1. The third kappa shape index (κ3) is 4.23. The van der Waals surface area contributed by atoms with Crippen LogP contribution < -0.4 is 5.73 Å². The summed E-state index contributed by atoms with van der Waals surface area (Å²) in [6.07, 6.45) is 1.10. The van der Waals surface area contributed by atoms with Gasteiger partial charge in [-0.25, -0.2) is 4.79 Å². The third-order valence-electron chi connectivity index (χ3n) is 5.20. The van der Waals surface area contributed by atoms with Crippen molar-refractivity contribution >= 4 is 34.5 Å². The molecule has 0 atom stereocenters. The van der Waals surface area contributed by atoms with E-state index >= 15 is 0 Å². The van der Waals surface area contributed by atoms with Gasteiger partial charge in [0, 0.05) is 18.7 Å². The van der Waals surface area contributed by atoms with Gasteiger partial charge >= 0.3 is 6.09 Å². The maximum atomic E-state index is 12.3. The van der Waals surface area contributed by atoms with E-state index in [0.29, 0.717) is 48.5 Å². The highest BCUT2D eigenvalue weighted by Crippen LogP contribution is 2.36. The first kappa shape index (κ1) is 21.2. The number of likely N-dealkylation sites (tertiary alicyclic amines) is 1. The first-order valence-corrected chi connectivity index (χ1v) is 10.5. The number of fused-ring (bicyclic) bond motifs is 1. The average Bonchev–Trinajstić information content (AvgIpc) is 3.05. The van der Waals surface area contributed by atoms with Gasteiger partial charge in [-0.1, -0.05) is 17.7 Å². The smallest absolute Gasteiger partial charge is 0.410 e. The predicted molar refractivity (Wildman–Crippen MR) is 118 cm³/mol. The van der Waals surface area contributed by atoms with E-state index in [1.807, 2.05) is 25.5 Å². The van der Waals surface area contributed by atoms with Gasteiger partial charge in [0.25, 0.3) is 0 Å². The summed E-state index contributed by atoms with van der Waals surface area (Å²) < 4.78 is 7.31. The second kappa shape index (κ2) is 7.88. The van der Waals surface area contributed by atoms with Gasteiger partial charge in [0.2, 0.25) is 0 Å². The molecule has 0 saturated carbocycles. The Morgan fingerprint density at radius 2 is 1.97 bits per heavy atom. The molecular weight excluding hydrogens is 420 g/mol. The molecule has 0 unspecified atom stereocenters. The van der Waals surface area contributed by atoms with E-state index in [2.05, 4.69) is 15.3 Å². The topological polar surface area (TPSA) is 119 Å². The lowest BCUT2D eigenvalue weighted by molar-refractivity contribution is 0.0186. The Kier molecular flexibility index (Phi) is 5.38. The molecule has 1 saturated heterocycles. The number of rotatable bonds is 2. The summed E-state index contributed by atoms with van der Waals surface area (Å²) in [6, 6.07) is 6.91. The molecule has 31 heavy (non-hydrogen) atoms. The van der Waals surface area contributed by atoms with Crippen LogP contribution in [0.3, 0.4) is 0 Å². The summed E-state index contributed by atoms with van der Waals surface area (Å²) in [4.78, 5) is 14.1. The highest BCUT2D eigenvalue weighted by Gasteiger charge is 2.29. The first-order valence-electron chi connectivity index (χ1n) is 10.1. The number of hydrogen-bond acceptors (Lipinski definition) is 7. The zero-order valence-electron chi connectivity index (χ0n) is 17.7. The van der Waals surface area contributed by atoms with Crippen molar-refractivity contribution in [3.05, 3.63) is 29.3 Å². The second-order valence-electron chi connectivity index (χ2n) is 8.63. The van der Waals surface area contributed by atoms with Gasteiger partial charge in [-0.3, -0.25) is 4.68 Å². The Morgan fingerprint density at radius 3 is 2.65 bits per heavy atom. The Bertz CT molecular complexity index is 1130. The summed E-state index contributed by atoms with van der Waals surface area (Å²) in [7, 11) is 0. The van der Waals surface area contributed by atoms with Crippen LogP contribution in [-0.4, -0.2) is 54.8 Å². The first-order chi connectivity index (χ1) is 14.6. The van der Waals surface area contributed by atoms with Crippen LogP contribution in [0.25, 0.3) is 22.3 Å². The Morgan fingerprint density at radius 1 is 1.26 bits per heavy atom. The molecule has 10 heteroatoms. The van der Waals surface area contributed by atoms with E-state index < -0.39 is 5.60 Å². The SMILES string of the molecule is CC(C)(C)OC(=O)N1CCC(n2nc(N)c3nnc(-c4cccc(Cl)c4O)cc32)CC1. The van der Waals surface area contributed by atoms with Crippen LogP contribution in [0.5, 0.6) is 5.75 Å². The largest absolute Gasteiger partial charge is 0.506 e. The van der Waals surface area contributed by atoms with E-state index in [4.69, 9.17) is 22.1 Å². The molecule has 3 heterocycles. The summed E-state index contributed by atoms with van der Waals surface area (Å²) >= 11 is 6.04. The number of anilines is 1. The van der Waals surface area contributed by atoms with Crippen molar-refractivity contribution in [2.75, 3.05) is 18.8 Å². The fourth-order valence-corrected chi connectivity index (χ4v) is 3.88. The Balaban J connectivity index is 1.60. The number of para-hydroxylation sites is 1. The standard InChI is InChI=1S/C21H25ClN6O3/c1-21(2,3)31-20(30)27-9-7-12(8-10-27)28-16-11-15(24-25-17(16)19(23)26-28)13-5-4-6-14(22)18(13)29/h4-6,11-12,29H,7-10H2,1-3H3,(H2,23,26). The van der Waals surface area contributed by atoms with Crippen molar-refractivity contribution in [1.29, 1.82) is 0 Å². The van der Waals surface area contributed by atoms with Crippen LogP contribution in [-0.2, 0) is 4.74 Å². The molecule has 0 bridgehead atoms. The highest BCUT2D eigenvalue weighted by atomic mass is 35.5. The number of carbonyl (C=O) groups is 1. The lowest BCUT2D eigenvalue weighted by Gasteiger charge is -2.33. The van der Waals surface area contributed by atoms with Gasteiger partial charge in [0.05, 0.1) is 22.3 Å². The molecule has 0 radical (unpaired) electrons. The van der Waals surface area contributed by atoms with Crippen molar-refractivity contribution < 1.29 is 14.6 Å². The van der Waals surface area contributed by atoms with E-state index in [9.17, 15) is 9.90 Å². The lowest BCUT2D eigenvalue weighted by atomic mass is 10.1. The van der Waals surface area contributed by atoms with Crippen molar-refractivity contribution in [2.24, 2.45) is 0 Å². The fourth-order valence-electron chi connectivity index (χ4n) is 3.71. The molecule has 0 spiro atoms. The number of halogens is 1. The van der Waals surface area contributed by atoms with Crippen molar-refractivity contribution in [3.63, 3.8) is 0 Å². The van der Waals surface area contributed by atoms with Gasteiger partial charge in [0.15, 0.2) is 11.3 Å². The molecule has 1 aliphatic heterocycles. The van der Waals surface area contributed by atoms with Gasteiger partial charge in [-0.05, 0) is 51.8 Å². The van der Waals surface area contributed by atoms with Crippen molar-refractivity contribution in [3.8, 4) is 17.0 Å². The van der Waals surface area contributed by atoms with Crippen LogP contribution in [0.1, 0.15) is 39.7 Å². The number of piperidine rings is 1. The van der Waals surface area contributed by atoms with E-state index in [0.717, 1.165) is 5.52 Å². The van der Waals surface area contributed by atoms with E-state index in [1.165, 1.54) is 0 Å². The van der Waals surface area contributed by atoms with Crippen LogP contribution >= 0.6 is 11.6 Å². The number of benzene rings is 1. The minimum atomic E-state index is -0.526. The monoisotopic (exact) mass is 444 g/mol. The number of amides is 1. The number of phenolic OH excluding ortho intramolecular Hbond substituents is 1. The zero-order chi connectivity index (χ0) is 22.3. The van der Waals surface area contributed by atoms with Gasteiger partial charge < -0.3 is 20.5 Å². The van der Waals surface area contributed by atoms with Crippen molar-refractivity contribution in [1.82, 2.24) is 24.9 Å². The summed E-state index contributed by atoms with van der Waals surface area (Å²) in [5.41, 5.74) is 7.73. The summed E-state index contributed by atoms with van der Waals surface area (Å²) in [6.45, 7) is 6.68. The maximum Gasteiger partial charge on any atom is 0.410 e. The van der Waals surface area contributed by atoms with Crippen LogP contribution in [0.15, 0.2) is 24.3 Å². The van der Waals surface area contributed by atoms with Crippen LogP contribution in [0.4, 0.5) is 10.6 Å². The number of nitrogen functional groups attached to an aromatic ring is 1. The van der Waals surface area contributed by atoms with E-state index in [-0.39, 0.29) is 22.9 Å². The molecule has 4 rings (SSSR count). The Hall–Kier alpha value is -3.07. The predicted octanol–water partition coefficient (Wildman–Crippen LogP) is 4.01. The van der Waals surface area contributed by atoms with Crippen LogP contribution in [0, 0.1) is 0 Å². The van der Waals surface area contributed by atoms with Gasteiger partial charge in [0.1, 0.15) is 11.4 Å². The quantitative estimate of drug-likeness (QED) is 0.612. The minimum absolute atomic E-state index is 0.0449. The highest BCUT2D eigenvalue weighted by molar-refractivity contribution is 6.32. The molecule has 9 nitrogen and oxygen atoms in total. The third-order valence-corrected chi connectivity index (χ3v) is 5.51. The zero-order valence-corrected chi connectivity index (χ0v) is 18.4. The molecule has 3 N–H and O–H groups in total. The van der Waals surface area contributed by atoms with Gasteiger partial charge in [-0.2, -0.15) is 5.10 Å². The molecule has 1 fully saturated rings.